The molecule has 6 heteroatoms. The van der Waals surface area contributed by atoms with Gasteiger partial charge in [-0.05, 0) is 59.4 Å². The van der Waals surface area contributed by atoms with E-state index in [0.29, 0.717) is 10.9 Å². The minimum absolute atomic E-state index is 0.0857. The molecule has 0 aliphatic carbocycles. The van der Waals surface area contributed by atoms with Crippen LogP contribution >= 0.6 is 15.9 Å². The smallest absolute Gasteiger partial charge is 0.416 e. The Hall–Kier alpha value is -0.750. The fraction of sp³-hybridized carbons (Fsp3) is 0.500. The molecule has 0 radical (unpaired) electrons. The molecule has 0 spiro atoms. The van der Waals surface area contributed by atoms with Gasteiger partial charge in [-0.1, -0.05) is 0 Å². The van der Waals surface area contributed by atoms with E-state index in [1.54, 1.807) is 0 Å². The highest BCUT2D eigenvalue weighted by atomic mass is 79.9. The highest BCUT2D eigenvalue weighted by Gasteiger charge is 2.35. The van der Waals surface area contributed by atoms with E-state index in [2.05, 4.69) is 21.2 Å². The van der Waals surface area contributed by atoms with Gasteiger partial charge in [-0.15, -0.1) is 0 Å². The van der Waals surface area contributed by atoms with Gasteiger partial charge >= 0.3 is 6.18 Å². The monoisotopic (exact) mass is 323 g/mol. The Morgan fingerprint density at radius 3 is 2.67 bits per heavy atom. The second kappa shape index (κ2) is 5.09. The summed E-state index contributed by atoms with van der Waals surface area (Å²) in [5, 5.41) is 12.6. The molecule has 1 aliphatic rings. The average molecular weight is 324 g/mol. The Kier molecular flexibility index (Phi) is 3.87. The van der Waals surface area contributed by atoms with Crippen LogP contribution in [-0.4, -0.2) is 17.7 Å². The molecule has 2 N–H and O–H groups in total. The maximum atomic E-state index is 12.9. The van der Waals surface area contributed by atoms with E-state index < -0.39 is 11.7 Å². The van der Waals surface area contributed by atoms with Crippen LogP contribution in [-0.2, 0) is 12.6 Å². The van der Waals surface area contributed by atoms with Gasteiger partial charge in [0.2, 0.25) is 0 Å². The lowest BCUT2D eigenvalue weighted by Crippen LogP contribution is -2.25. The molecule has 0 bridgehead atoms. The number of rotatable bonds is 2. The van der Waals surface area contributed by atoms with E-state index in [9.17, 15) is 18.3 Å². The average Bonchev–Trinajstić information content (AvgIpc) is 2.74. The molecule has 1 aromatic carbocycles. The third kappa shape index (κ3) is 2.98. The van der Waals surface area contributed by atoms with Gasteiger partial charge in [0.05, 0.1) is 10.0 Å². The summed E-state index contributed by atoms with van der Waals surface area (Å²) >= 11 is 3.06. The quantitative estimate of drug-likeness (QED) is 0.873. The maximum absolute atomic E-state index is 12.9. The highest BCUT2D eigenvalue weighted by Crippen LogP contribution is 2.38. The number of phenols is 1. The summed E-state index contributed by atoms with van der Waals surface area (Å²) in [6.45, 7) is 0.852. The van der Waals surface area contributed by atoms with Crippen molar-refractivity contribution in [3.05, 3.63) is 27.7 Å². The van der Waals surface area contributed by atoms with Crippen molar-refractivity contribution in [1.82, 2.24) is 5.32 Å². The maximum Gasteiger partial charge on any atom is 0.416 e. The molecule has 1 saturated heterocycles. The zero-order valence-corrected chi connectivity index (χ0v) is 11.1. The minimum atomic E-state index is -4.44. The van der Waals surface area contributed by atoms with Crippen LogP contribution in [0.3, 0.4) is 0 Å². The summed E-state index contributed by atoms with van der Waals surface area (Å²) in [6, 6.07) is 2.23. The Labute approximate surface area is 111 Å². The van der Waals surface area contributed by atoms with Crippen LogP contribution in [0.1, 0.15) is 24.0 Å². The number of aromatic hydroxyl groups is 1. The molecule has 0 amide bonds. The van der Waals surface area contributed by atoms with Gasteiger partial charge in [0, 0.05) is 6.04 Å². The first-order chi connectivity index (χ1) is 8.38. The van der Waals surface area contributed by atoms with Crippen molar-refractivity contribution < 1.29 is 18.3 Å². The van der Waals surface area contributed by atoms with Crippen molar-refractivity contribution in [1.29, 1.82) is 0 Å². The van der Waals surface area contributed by atoms with Crippen molar-refractivity contribution in [2.24, 2.45) is 0 Å². The highest BCUT2D eigenvalue weighted by molar-refractivity contribution is 9.10. The number of phenolic OH excluding ortho intramolecular Hbond substituents is 1. The molecule has 0 saturated carbocycles. The second-order valence-corrected chi connectivity index (χ2v) is 5.31. The Morgan fingerprint density at radius 2 is 2.11 bits per heavy atom. The van der Waals surface area contributed by atoms with Crippen molar-refractivity contribution in [3.8, 4) is 5.75 Å². The van der Waals surface area contributed by atoms with Gasteiger partial charge in [-0.3, -0.25) is 0 Å². The first-order valence-electron chi connectivity index (χ1n) is 5.70. The summed E-state index contributed by atoms with van der Waals surface area (Å²) in [5.74, 6) is -0.384. The number of halogens is 4. The summed E-state index contributed by atoms with van der Waals surface area (Å²) in [5.41, 5.74) is -0.538. The van der Waals surface area contributed by atoms with E-state index >= 15 is 0 Å². The summed E-state index contributed by atoms with van der Waals surface area (Å²) in [6.07, 6.45) is -2.24. The molecule has 1 fully saturated rings. The zero-order chi connectivity index (χ0) is 13.3. The molecule has 1 aromatic rings. The molecule has 1 unspecified atom stereocenters. The fourth-order valence-electron chi connectivity index (χ4n) is 2.23. The minimum Gasteiger partial charge on any atom is -0.507 e. The number of benzene rings is 1. The van der Waals surface area contributed by atoms with Gasteiger partial charge in [-0.2, -0.15) is 13.2 Å². The predicted octanol–water partition coefficient (Wildman–Crippen LogP) is 3.47. The van der Waals surface area contributed by atoms with Crippen LogP contribution in [0.5, 0.6) is 5.75 Å². The molecule has 0 aromatic heterocycles. The molecule has 100 valence electrons. The lowest BCUT2D eigenvalue weighted by Gasteiger charge is -2.17. The number of nitrogens with one attached hydrogen (secondary N) is 1. The van der Waals surface area contributed by atoms with Crippen LogP contribution < -0.4 is 5.32 Å². The van der Waals surface area contributed by atoms with Crippen molar-refractivity contribution in [3.63, 3.8) is 0 Å². The fourth-order valence-corrected chi connectivity index (χ4v) is 2.62. The molecule has 1 atom stereocenters. The topological polar surface area (TPSA) is 32.3 Å². The van der Waals surface area contributed by atoms with Gasteiger partial charge in [-0.25, -0.2) is 0 Å². The van der Waals surface area contributed by atoms with Crippen molar-refractivity contribution >= 4 is 15.9 Å². The summed E-state index contributed by atoms with van der Waals surface area (Å²) < 4.78 is 39.0. The largest absolute Gasteiger partial charge is 0.507 e. The molecule has 2 rings (SSSR count). The molecule has 2 nitrogen and oxygen atoms in total. The van der Waals surface area contributed by atoms with E-state index in [-0.39, 0.29) is 17.4 Å². The van der Waals surface area contributed by atoms with Crippen LogP contribution in [0.4, 0.5) is 13.2 Å². The van der Waals surface area contributed by atoms with Crippen molar-refractivity contribution in [2.75, 3.05) is 6.54 Å². The summed E-state index contributed by atoms with van der Waals surface area (Å²) in [4.78, 5) is 0. The van der Waals surface area contributed by atoms with E-state index in [4.69, 9.17) is 0 Å². The standard InChI is InChI=1S/C12H13BrF3NO/c13-10-5-7(4-8-2-1-3-17-8)9(6-11(10)18)12(14,15)16/h5-6,8,17-18H,1-4H2. The SMILES string of the molecule is Oc1cc(C(F)(F)F)c(CC2CCCN2)cc1Br. The lowest BCUT2D eigenvalue weighted by atomic mass is 9.98. The first kappa shape index (κ1) is 13.7. The van der Waals surface area contributed by atoms with E-state index in [1.165, 1.54) is 6.07 Å². The zero-order valence-electron chi connectivity index (χ0n) is 9.52. The van der Waals surface area contributed by atoms with Gasteiger partial charge in [0.25, 0.3) is 0 Å². The van der Waals surface area contributed by atoms with Crippen molar-refractivity contribution in [2.45, 2.75) is 31.5 Å². The summed E-state index contributed by atoms with van der Waals surface area (Å²) in [7, 11) is 0. The lowest BCUT2D eigenvalue weighted by molar-refractivity contribution is -0.138. The molecule has 18 heavy (non-hydrogen) atoms. The third-order valence-corrected chi connectivity index (χ3v) is 3.74. The third-order valence-electron chi connectivity index (χ3n) is 3.11. The van der Waals surface area contributed by atoms with Crippen LogP contribution in [0.2, 0.25) is 0 Å². The second-order valence-electron chi connectivity index (χ2n) is 4.46. The Bertz CT molecular complexity index is 442. The van der Waals surface area contributed by atoms with Gasteiger partial charge in [0.1, 0.15) is 5.75 Å². The normalized spacial score (nSPS) is 20.3. The predicted molar refractivity (Wildman–Crippen MR) is 65.5 cm³/mol. The van der Waals surface area contributed by atoms with Crippen LogP contribution in [0.15, 0.2) is 16.6 Å². The molecular formula is C12H13BrF3NO. The van der Waals surface area contributed by atoms with Crippen LogP contribution in [0, 0.1) is 0 Å². The van der Waals surface area contributed by atoms with Crippen LogP contribution in [0.25, 0.3) is 0 Å². The van der Waals surface area contributed by atoms with E-state index in [0.717, 1.165) is 25.5 Å². The Balaban J connectivity index is 2.34. The number of alkyl halides is 3. The molecule has 1 aliphatic heterocycles. The first-order valence-corrected chi connectivity index (χ1v) is 6.49. The number of hydrogen-bond acceptors (Lipinski definition) is 2. The van der Waals surface area contributed by atoms with Gasteiger partial charge in [0.15, 0.2) is 0 Å². The Morgan fingerprint density at radius 1 is 1.39 bits per heavy atom. The molecule has 1 heterocycles. The number of hydrogen-bond donors (Lipinski definition) is 2. The molecular weight excluding hydrogens is 311 g/mol. The van der Waals surface area contributed by atoms with Gasteiger partial charge < -0.3 is 10.4 Å². The van der Waals surface area contributed by atoms with E-state index in [1.807, 2.05) is 0 Å².